The average molecular weight is 422 g/mol. The lowest BCUT2D eigenvalue weighted by molar-refractivity contribution is -0.318. The number of aliphatic carboxylic acids is 2. The summed E-state index contributed by atoms with van der Waals surface area (Å²) >= 11 is 0. The molecule has 1 amide bonds. The number of aliphatic hydroxyl groups excluding tert-OH is 3. The summed E-state index contributed by atoms with van der Waals surface area (Å²) in [6, 6.07) is -2.42. The number of ether oxygens (including phenoxy) is 1. The lowest BCUT2D eigenvalue weighted by atomic mass is 9.94. The van der Waals surface area contributed by atoms with E-state index in [0.717, 1.165) is 0 Å². The van der Waals surface area contributed by atoms with E-state index in [-0.39, 0.29) is 12.3 Å². The zero-order valence-corrected chi connectivity index (χ0v) is 16.3. The largest absolute Gasteiger partial charge is 0.481 e. The maximum absolute atomic E-state index is 12.6. The molecule has 12 heteroatoms. The fraction of sp³-hybridized carbons (Fsp3) is 0.824. The van der Waals surface area contributed by atoms with Crippen LogP contribution in [0.1, 0.15) is 33.1 Å². The summed E-state index contributed by atoms with van der Waals surface area (Å²) in [7, 11) is 0. The van der Waals surface area contributed by atoms with E-state index >= 15 is 0 Å². The van der Waals surface area contributed by atoms with Crippen LogP contribution in [0, 0.1) is 5.92 Å². The Labute approximate surface area is 167 Å². The first-order chi connectivity index (χ1) is 13.4. The van der Waals surface area contributed by atoms with Crippen molar-refractivity contribution in [3.8, 4) is 0 Å². The lowest BCUT2D eigenvalue weighted by Gasteiger charge is -2.42. The number of nitrogens with one attached hydrogen (secondary N) is 2. The van der Waals surface area contributed by atoms with Crippen LogP contribution in [0.5, 0.6) is 0 Å². The van der Waals surface area contributed by atoms with E-state index in [4.69, 9.17) is 9.84 Å². The number of hydrogen-bond acceptors (Lipinski definition) is 9. The first-order valence-corrected chi connectivity index (χ1v) is 9.31. The molecule has 8 N–H and O–H groups in total. The summed E-state index contributed by atoms with van der Waals surface area (Å²) in [6.07, 6.45) is -5.13. The van der Waals surface area contributed by atoms with E-state index in [1.165, 1.54) is 0 Å². The molecule has 1 saturated heterocycles. The molecule has 0 radical (unpaired) electrons. The van der Waals surface area contributed by atoms with Gasteiger partial charge in [-0.25, -0.2) is 4.79 Å². The van der Waals surface area contributed by atoms with Gasteiger partial charge in [0.25, 0.3) is 0 Å². The van der Waals surface area contributed by atoms with Gasteiger partial charge in [-0.2, -0.15) is 0 Å². The molecule has 0 spiro atoms. The minimum Gasteiger partial charge on any atom is -0.481 e. The maximum atomic E-state index is 12.6. The van der Waals surface area contributed by atoms with Crippen LogP contribution in [-0.4, -0.2) is 97.8 Å². The van der Waals surface area contributed by atoms with E-state index in [0.29, 0.717) is 6.42 Å². The number of hydrogen-bond donors (Lipinski definition) is 8. The van der Waals surface area contributed by atoms with Crippen molar-refractivity contribution in [3.63, 3.8) is 0 Å². The fourth-order valence-corrected chi connectivity index (χ4v) is 2.88. The summed E-state index contributed by atoms with van der Waals surface area (Å²) in [4.78, 5) is 34.6. The van der Waals surface area contributed by atoms with Crippen molar-refractivity contribution in [2.45, 2.75) is 69.3 Å². The van der Waals surface area contributed by atoms with Gasteiger partial charge in [-0.05, 0) is 12.3 Å². The summed E-state index contributed by atoms with van der Waals surface area (Å²) < 4.78 is 5.03. The molecule has 29 heavy (non-hydrogen) atoms. The number of amides is 1. The van der Waals surface area contributed by atoms with Crippen LogP contribution in [0.4, 0.5) is 0 Å². The second kappa shape index (κ2) is 10.8. The van der Waals surface area contributed by atoms with Gasteiger partial charge in [0.2, 0.25) is 11.7 Å². The second-order valence-electron chi connectivity index (χ2n) is 7.23. The molecule has 168 valence electrons. The monoisotopic (exact) mass is 422 g/mol. The van der Waals surface area contributed by atoms with Crippen molar-refractivity contribution < 1.29 is 49.8 Å². The van der Waals surface area contributed by atoms with Gasteiger partial charge in [0, 0.05) is 6.42 Å². The summed E-state index contributed by atoms with van der Waals surface area (Å²) in [5, 5.41) is 62.5. The SMILES string of the molecule is CC[C@H](C)[C@H](NC[C@@]1(O)OC[C@@H](O)[C@@H](O)[C@@H]1O)C(=O)N[C@@H](CCC(=O)O)C(=O)O. The third-order valence-electron chi connectivity index (χ3n) is 5.02. The lowest BCUT2D eigenvalue weighted by Crippen LogP contribution is -2.66. The van der Waals surface area contributed by atoms with Crippen LogP contribution >= 0.6 is 0 Å². The molecule has 0 aromatic heterocycles. The summed E-state index contributed by atoms with van der Waals surface area (Å²) in [5.74, 6) is -5.92. The quantitative estimate of drug-likeness (QED) is 0.171. The molecule has 7 atom stereocenters. The highest BCUT2D eigenvalue weighted by Gasteiger charge is 2.48. The average Bonchev–Trinajstić information content (AvgIpc) is 2.66. The van der Waals surface area contributed by atoms with E-state index in [1.807, 2.05) is 0 Å². The number of carboxylic acid groups (broad SMARTS) is 2. The Hall–Kier alpha value is -1.83. The Kier molecular flexibility index (Phi) is 9.39. The fourth-order valence-electron chi connectivity index (χ4n) is 2.88. The van der Waals surface area contributed by atoms with Gasteiger partial charge >= 0.3 is 11.9 Å². The predicted molar refractivity (Wildman–Crippen MR) is 96.6 cm³/mol. The highest BCUT2D eigenvalue weighted by molar-refractivity contribution is 5.87. The summed E-state index contributed by atoms with van der Waals surface area (Å²) in [6.45, 7) is 2.55. The van der Waals surface area contributed by atoms with Crippen molar-refractivity contribution in [3.05, 3.63) is 0 Å². The van der Waals surface area contributed by atoms with Crippen molar-refractivity contribution in [1.82, 2.24) is 10.6 Å². The normalized spacial score (nSPS) is 30.2. The van der Waals surface area contributed by atoms with E-state index in [1.54, 1.807) is 13.8 Å². The Morgan fingerprint density at radius 2 is 1.83 bits per heavy atom. The van der Waals surface area contributed by atoms with Gasteiger partial charge < -0.3 is 46.0 Å². The topological polar surface area (TPSA) is 206 Å². The van der Waals surface area contributed by atoms with Crippen LogP contribution in [0.15, 0.2) is 0 Å². The van der Waals surface area contributed by atoms with Gasteiger partial charge in [-0.15, -0.1) is 0 Å². The van der Waals surface area contributed by atoms with Crippen molar-refractivity contribution >= 4 is 17.8 Å². The number of aliphatic hydroxyl groups is 4. The molecular formula is C17H30N2O10. The number of carboxylic acids is 2. The molecular weight excluding hydrogens is 392 g/mol. The molecule has 1 heterocycles. The Bertz CT molecular complexity index is 589. The van der Waals surface area contributed by atoms with Crippen LogP contribution in [0.2, 0.25) is 0 Å². The molecule has 12 nitrogen and oxygen atoms in total. The van der Waals surface area contributed by atoms with E-state index < -0.39 is 73.6 Å². The minimum atomic E-state index is -2.28. The molecule has 0 aromatic rings. The van der Waals surface area contributed by atoms with Crippen molar-refractivity contribution in [2.24, 2.45) is 5.92 Å². The van der Waals surface area contributed by atoms with Gasteiger partial charge in [0.1, 0.15) is 24.4 Å². The first kappa shape index (κ1) is 25.2. The van der Waals surface area contributed by atoms with Crippen LogP contribution < -0.4 is 10.6 Å². The molecule has 1 aliphatic heterocycles. The van der Waals surface area contributed by atoms with Crippen molar-refractivity contribution in [1.29, 1.82) is 0 Å². The van der Waals surface area contributed by atoms with Gasteiger partial charge in [0.15, 0.2) is 0 Å². The Balaban J connectivity index is 2.84. The van der Waals surface area contributed by atoms with Crippen LogP contribution in [0.25, 0.3) is 0 Å². The molecule has 0 saturated carbocycles. The highest BCUT2D eigenvalue weighted by Crippen LogP contribution is 2.24. The predicted octanol–water partition coefficient (Wildman–Crippen LogP) is -2.77. The zero-order valence-electron chi connectivity index (χ0n) is 16.3. The third kappa shape index (κ3) is 6.87. The Morgan fingerprint density at radius 1 is 1.21 bits per heavy atom. The molecule has 1 fully saturated rings. The second-order valence-corrected chi connectivity index (χ2v) is 7.23. The van der Waals surface area contributed by atoms with Gasteiger partial charge in [0.05, 0.1) is 19.2 Å². The van der Waals surface area contributed by atoms with E-state index in [2.05, 4.69) is 10.6 Å². The minimum absolute atomic E-state index is 0.306. The number of carbonyl (C=O) groups is 3. The number of rotatable bonds is 11. The Morgan fingerprint density at radius 3 is 2.34 bits per heavy atom. The zero-order chi connectivity index (χ0) is 22.4. The summed E-state index contributed by atoms with van der Waals surface area (Å²) in [5.41, 5.74) is 0. The van der Waals surface area contributed by atoms with Crippen LogP contribution in [-0.2, 0) is 19.1 Å². The molecule has 0 aliphatic carbocycles. The van der Waals surface area contributed by atoms with Crippen LogP contribution in [0.3, 0.4) is 0 Å². The molecule has 0 bridgehead atoms. The molecule has 0 aromatic carbocycles. The third-order valence-corrected chi connectivity index (χ3v) is 5.02. The maximum Gasteiger partial charge on any atom is 0.326 e. The standard InChI is InChI=1S/C17H30N2O10/c1-3-8(2)12(15(25)19-9(16(26)27)4-5-11(21)22)18-7-17(28)14(24)13(23)10(20)6-29-17/h8-10,12-14,18,20,23-24,28H,3-7H2,1-2H3,(H,19,25)(H,21,22)(H,26,27)/t8-,9-,10+,12-,13+,14-,17+/m0/s1. The molecule has 0 unspecified atom stereocenters. The van der Waals surface area contributed by atoms with Gasteiger partial charge in [-0.3, -0.25) is 9.59 Å². The van der Waals surface area contributed by atoms with Crippen molar-refractivity contribution in [2.75, 3.05) is 13.2 Å². The molecule has 1 rings (SSSR count). The van der Waals surface area contributed by atoms with E-state index in [9.17, 15) is 39.9 Å². The smallest absolute Gasteiger partial charge is 0.326 e. The first-order valence-electron chi connectivity index (χ1n) is 9.31. The highest BCUT2D eigenvalue weighted by atomic mass is 16.6. The number of carbonyl (C=O) groups excluding carboxylic acids is 1. The molecule has 1 aliphatic rings. The van der Waals surface area contributed by atoms with Gasteiger partial charge in [-0.1, -0.05) is 20.3 Å².